The lowest BCUT2D eigenvalue weighted by atomic mass is 10.0. The van der Waals surface area contributed by atoms with Gasteiger partial charge in [-0.25, -0.2) is 4.79 Å². The van der Waals surface area contributed by atoms with Gasteiger partial charge in [0.2, 0.25) is 0 Å². The molecule has 192 valence electrons. The van der Waals surface area contributed by atoms with Gasteiger partial charge in [-0.15, -0.1) is 0 Å². The maximum atomic E-state index is 11.3. The highest BCUT2D eigenvalue weighted by atomic mass is 16.5. The minimum absolute atomic E-state index is 0.426. The van der Waals surface area contributed by atoms with Gasteiger partial charge in [-0.05, 0) is 55.3 Å². The van der Waals surface area contributed by atoms with Crippen LogP contribution in [0.15, 0.2) is 60.7 Å². The third-order valence-electron chi connectivity index (χ3n) is 6.01. The Morgan fingerprint density at radius 2 is 1.59 bits per heavy atom. The molecule has 37 heavy (non-hydrogen) atoms. The number of hydrogen-bond donors (Lipinski definition) is 1. The molecule has 1 aromatic heterocycles. The molecule has 0 aliphatic carbocycles. The number of methoxy groups -OCH3 is 3. The minimum atomic E-state index is -1.05. The number of aromatic nitrogens is 2. The fourth-order valence-corrected chi connectivity index (χ4v) is 4.44. The van der Waals surface area contributed by atoms with Gasteiger partial charge in [0.1, 0.15) is 11.5 Å². The molecular weight excluding hydrogens is 472 g/mol. The Morgan fingerprint density at radius 1 is 0.865 bits per heavy atom. The molecule has 4 aromatic rings. The van der Waals surface area contributed by atoms with Crippen LogP contribution < -0.4 is 18.9 Å². The zero-order valence-electron chi connectivity index (χ0n) is 21.6. The normalized spacial score (nSPS) is 10.7. The van der Waals surface area contributed by atoms with Gasteiger partial charge in [0.15, 0.2) is 18.1 Å². The lowest BCUT2D eigenvalue weighted by Crippen LogP contribution is -2.11. The van der Waals surface area contributed by atoms with Gasteiger partial charge in [-0.2, -0.15) is 5.10 Å². The molecule has 8 nitrogen and oxygen atoms in total. The van der Waals surface area contributed by atoms with Gasteiger partial charge >= 0.3 is 5.97 Å². The molecule has 0 unspecified atom stereocenters. The Bertz CT molecular complexity index is 1430. The largest absolute Gasteiger partial charge is 0.496 e. The molecule has 0 spiro atoms. The van der Waals surface area contributed by atoms with E-state index in [0.29, 0.717) is 35.1 Å². The lowest BCUT2D eigenvalue weighted by molar-refractivity contribution is -0.139. The van der Waals surface area contributed by atoms with Crippen molar-refractivity contribution in [1.29, 1.82) is 0 Å². The average molecular weight is 503 g/mol. The van der Waals surface area contributed by atoms with Gasteiger partial charge < -0.3 is 24.1 Å². The standard InChI is InChI=1S/C29H30N2O6/c1-18-13-19(2)28(37-17-27(32)33)22(14-18)23-15-24(21-10-8-12-26(35-4)29(21)36-5)31(30-23)16-20-9-6-7-11-25(20)34-3/h6-15H,16-17H2,1-5H3,(H,32,33). The molecule has 4 rings (SSSR count). The van der Waals surface area contributed by atoms with E-state index in [4.69, 9.17) is 24.0 Å². The number of para-hydroxylation sites is 2. The number of hydrogen-bond acceptors (Lipinski definition) is 6. The first kappa shape index (κ1) is 25.6. The Morgan fingerprint density at radius 3 is 2.30 bits per heavy atom. The molecule has 1 heterocycles. The maximum absolute atomic E-state index is 11.3. The summed E-state index contributed by atoms with van der Waals surface area (Å²) in [5, 5.41) is 14.2. The fourth-order valence-electron chi connectivity index (χ4n) is 4.44. The molecule has 0 radical (unpaired) electrons. The van der Waals surface area contributed by atoms with Crippen LogP contribution in [-0.2, 0) is 11.3 Å². The molecular formula is C29H30N2O6. The Kier molecular flexibility index (Phi) is 7.67. The molecule has 1 N–H and O–H groups in total. The third-order valence-corrected chi connectivity index (χ3v) is 6.01. The molecule has 0 fully saturated rings. The quantitative estimate of drug-likeness (QED) is 0.312. The molecule has 0 bridgehead atoms. The second-order valence-corrected chi connectivity index (χ2v) is 8.57. The summed E-state index contributed by atoms with van der Waals surface area (Å²) in [6.07, 6.45) is 0. The van der Waals surface area contributed by atoms with Crippen LogP contribution in [0.3, 0.4) is 0 Å². The molecule has 0 aliphatic rings. The van der Waals surface area contributed by atoms with Crippen molar-refractivity contribution in [2.75, 3.05) is 27.9 Å². The van der Waals surface area contributed by atoms with E-state index >= 15 is 0 Å². The zero-order valence-corrected chi connectivity index (χ0v) is 21.6. The summed E-state index contributed by atoms with van der Waals surface area (Å²) < 4.78 is 24.4. The molecule has 8 heteroatoms. The smallest absolute Gasteiger partial charge is 0.341 e. The number of aliphatic carboxylic acids is 1. The van der Waals surface area contributed by atoms with Crippen molar-refractivity contribution in [2.45, 2.75) is 20.4 Å². The van der Waals surface area contributed by atoms with Crippen molar-refractivity contribution in [1.82, 2.24) is 9.78 Å². The molecule has 0 amide bonds. The van der Waals surface area contributed by atoms with Crippen LogP contribution in [-0.4, -0.2) is 48.8 Å². The first-order chi connectivity index (χ1) is 17.9. The van der Waals surface area contributed by atoms with Gasteiger partial charge in [0.25, 0.3) is 0 Å². The summed E-state index contributed by atoms with van der Waals surface area (Å²) in [7, 11) is 4.84. The number of carboxylic acids is 1. The summed E-state index contributed by atoms with van der Waals surface area (Å²) >= 11 is 0. The molecule has 3 aromatic carbocycles. The van der Waals surface area contributed by atoms with Crippen molar-refractivity contribution in [3.63, 3.8) is 0 Å². The average Bonchev–Trinajstić information content (AvgIpc) is 3.30. The van der Waals surface area contributed by atoms with Crippen molar-refractivity contribution in [2.24, 2.45) is 0 Å². The maximum Gasteiger partial charge on any atom is 0.341 e. The number of benzene rings is 3. The second kappa shape index (κ2) is 11.1. The first-order valence-electron chi connectivity index (χ1n) is 11.7. The number of ether oxygens (including phenoxy) is 4. The Hall–Kier alpha value is -4.46. The summed E-state index contributed by atoms with van der Waals surface area (Å²) in [5.74, 6) is 1.37. The topological polar surface area (TPSA) is 92.0 Å². The van der Waals surface area contributed by atoms with E-state index < -0.39 is 12.6 Å². The van der Waals surface area contributed by atoms with Crippen LogP contribution >= 0.6 is 0 Å². The highest BCUT2D eigenvalue weighted by Crippen LogP contribution is 2.41. The van der Waals surface area contributed by atoms with E-state index in [0.717, 1.165) is 33.7 Å². The van der Waals surface area contributed by atoms with E-state index in [1.165, 1.54) is 0 Å². The fraction of sp³-hybridized carbons (Fsp3) is 0.241. The van der Waals surface area contributed by atoms with Gasteiger partial charge in [0, 0.05) is 16.7 Å². The van der Waals surface area contributed by atoms with Crippen LogP contribution in [0.1, 0.15) is 16.7 Å². The molecule has 0 saturated carbocycles. The van der Waals surface area contributed by atoms with Crippen molar-refractivity contribution < 1.29 is 28.8 Å². The van der Waals surface area contributed by atoms with Crippen LogP contribution in [0.2, 0.25) is 0 Å². The minimum Gasteiger partial charge on any atom is -0.496 e. The summed E-state index contributed by atoms with van der Waals surface area (Å²) in [4.78, 5) is 11.3. The van der Waals surface area contributed by atoms with Crippen LogP contribution in [0.4, 0.5) is 0 Å². The highest BCUT2D eigenvalue weighted by molar-refractivity contribution is 5.78. The summed E-state index contributed by atoms with van der Waals surface area (Å²) in [6, 6.07) is 19.3. The summed E-state index contributed by atoms with van der Waals surface area (Å²) in [5.41, 5.74) is 5.73. The van der Waals surface area contributed by atoms with Gasteiger partial charge in [-0.1, -0.05) is 30.3 Å². The highest BCUT2D eigenvalue weighted by Gasteiger charge is 2.21. The zero-order chi connectivity index (χ0) is 26.5. The van der Waals surface area contributed by atoms with E-state index in [1.807, 2.05) is 79.2 Å². The Balaban J connectivity index is 1.94. The van der Waals surface area contributed by atoms with Crippen molar-refractivity contribution >= 4 is 5.97 Å². The van der Waals surface area contributed by atoms with Crippen LogP contribution in [0.25, 0.3) is 22.5 Å². The number of carboxylic acid groups (broad SMARTS) is 1. The van der Waals surface area contributed by atoms with E-state index in [1.54, 1.807) is 21.3 Å². The predicted octanol–water partition coefficient (Wildman–Crippen LogP) is 5.37. The van der Waals surface area contributed by atoms with E-state index in [9.17, 15) is 9.90 Å². The van der Waals surface area contributed by atoms with Gasteiger partial charge in [-0.3, -0.25) is 4.68 Å². The number of nitrogens with zero attached hydrogens (tertiary/aromatic N) is 2. The Labute approximate surface area is 216 Å². The number of carbonyl (C=O) groups is 1. The molecule has 0 aliphatic heterocycles. The number of aryl methyl sites for hydroxylation is 2. The summed E-state index contributed by atoms with van der Waals surface area (Å²) in [6.45, 7) is 3.85. The lowest BCUT2D eigenvalue weighted by Gasteiger charge is -2.15. The molecule has 0 saturated heterocycles. The van der Waals surface area contributed by atoms with Crippen LogP contribution in [0.5, 0.6) is 23.0 Å². The van der Waals surface area contributed by atoms with E-state index in [2.05, 4.69) is 0 Å². The van der Waals surface area contributed by atoms with E-state index in [-0.39, 0.29) is 0 Å². The first-order valence-corrected chi connectivity index (χ1v) is 11.7. The third kappa shape index (κ3) is 5.38. The molecule has 0 atom stereocenters. The van der Waals surface area contributed by atoms with Crippen LogP contribution in [0, 0.1) is 13.8 Å². The SMILES string of the molecule is COc1ccccc1Cn1nc(-c2cc(C)cc(C)c2OCC(=O)O)cc1-c1cccc(OC)c1OC. The van der Waals surface area contributed by atoms with Gasteiger partial charge in [0.05, 0.1) is 39.3 Å². The second-order valence-electron chi connectivity index (χ2n) is 8.57. The number of rotatable bonds is 10. The van der Waals surface area contributed by atoms with Crippen molar-refractivity contribution in [3.05, 3.63) is 77.4 Å². The predicted molar refractivity (Wildman–Crippen MR) is 141 cm³/mol. The van der Waals surface area contributed by atoms with Crippen molar-refractivity contribution in [3.8, 4) is 45.5 Å². The monoisotopic (exact) mass is 502 g/mol.